The van der Waals surface area contributed by atoms with Gasteiger partial charge in [0.1, 0.15) is 0 Å². The molecular weight excluding hydrogens is 270 g/mol. The molecule has 112 valence electrons. The fraction of sp³-hybridized carbons (Fsp3) is 0.786. The molecule has 1 fully saturated rings. The minimum atomic E-state index is 0.644. The third-order valence-corrected chi connectivity index (χ3v) is 4.65. The Hall–Kier alpha value is -1.04. The van der Waals surface area contributed by atoms with Crippen molar-refractivity contribution in [1.82, 2.24) is 15.0 Å². The number of nitrogens with zero attached hydrogens (tertiary/aromatic N) is 4. The molecule has 0 saturated heterocycles. The van der Waals surface area contributed by atoms with E-state index >= 15 is 0 Å². The zero-order valence-corrected chi connectivity index (χ0v) is 13.7. The largest absolute Gasteiger partial charge is 0.354 e. The quantitative estimate of drug-likeness (QED) is 0.901. The van der Waals surface area contributed by atoms with Gasteiger partial charge in [-0.25, -0.2) is 0 Å². The predicted molar refractivity (Wildman–Crippen MR) is 85.6 cm³/mol. The summed E-state index contributed by atoms with van der Waals surface area (Å²) < 4.78 is 0. The molecule has 0 bridgehead atoms. The summed E-state index contributed by atoms with van der Waals surface area (Å²) >= 11 is 1.81. The van der Waals surface area contributed by atoms with E-state index in [0.717, 1.165) is 23.6 Å². The van der Waals surface area contributed by atoms with Gasteiger partial charge in [-0.05, 0) is 25.7 Å². The van der Waals surface area contributed by atoms with Crippen LogP contribution in [0.3, 0.4) is 0 Å². The molecule has 1 N–H and O–H groups in total. The SMILES string of the molecule is CCNc1nc(SC2CCCC(C)C2)nc(N(C)C)n1. The van der Waals surface area contributed by atoms with Crippen LogP contribution in [0.1, 0.15) is 39.5 Å². The standard InChI is InChI=1S/C14H25N5S/c1-5-15-12-16-13(19(3)4)18-14(17-12)20-11-8-6-7-10(2)9-11/h10-11H,5-9H2,1-4H3,(H,15,16,17,18). The molecule has 6 heteroatoms. The molecule has 0 radical (unpaired) electrons. The van der Waals surface area contributed by atoms with Gasteiger partial charge in [-0.2, -0.15) is 15.0 Å². The average molecular weight is 295 g/mol. The molecule has 1 aliphatic rings. The number of aromatic nitrogens is 3. The van der Waals surface area contributed by atoms with Crippen molar-refractivity contribution in [2.75, 3.05) is 30.9 Å². The normalized spacial score (nSPS) is 22.6. The number of hydrogen-bond acceptors (Lipinski definition) is 6. The highest BCUT2D eigenvalue weighted by Crippen LogP contribution is 2.35. The zero-order valence-electron chi connectivity index (χ0n) is 12.9. The summed E-state index contributed by atoms with van der Waals surface area (Å²) in [6, 6.07) is 0. The Bertz CT molecular complexity index is 438. The molecule has 0 spiro atoms. The summed E-state index contributed by atoms with van der Waals surface area (Å²) in [5, 5.41) is 4.68. The van der Waals surface area contributed by atoms with Crippen molar-refractivity contribution in [2.45, 2.75) is 49.9 Å². The highest BCUT2D eigenvalue weighted by atomic mass is 32.2. The lowest BCUT2D eigenvalue weighted by molar-refractivity contribution is 0.394. The van der Waals surface area contributed by atoms with Gasteiger partial charge in [0.15, 0.2) is 5.16 Å². The molecule has 1 aliphatic carbocycles. The maximum atomic E-state index is 4.56. The van der Waals surface area contributed by atoms with Crippen molar-refractivity contribution in [1.29, 1.82) is 0 Å². The van der Waals surface area contributed by atoms with Gasteiger partial charge in [0.25, 0.3) is 0 Å². The fourth-order valence-electron chi connectivity index (χ4n) is 2.47. The second-order valence-corrected chi connectivity index (χ2v) is 6.95. The molecular formula is C14H25N5S. The molecule has 1 saturated carbocycles. The highest BCUT2D eigenvalue weighted by molar-refractivity contribution is 7.99. The van der Waals surface area contributed by atoms with Gasteiger partial charge in [-0.3, -0.25) is 0 Å². The lowest BCUT2D eigenvalue weighted by Crippen LogP contribution is -2.18. The summed E-state index contributed by atoms with van der Waals surface area (Å²) in [5.41, 5.74) is 0. The Morgan fingerprint density at radius 1 is 1.25 bits per heavy atom. The first-order valence-corrected chi connectivity index (χ1v) is 8.30. The van der Waals surface area contributed by atoms with Crippen LogP contribution in [0.15, 0.2) is 5.16 Å². The minimum absolute atomic E-state index is 0.644. The topological polar surface area (TPSA) is 53.9 Å². The average Bonchev–Trinajstić information content (AvgIpc) is 2.38. The first-order chi connectivity index (χ1) is 9.58. The van der Waals surface area contributed by atoms with Crippen molar-refractivity contribution >= 4 is 23.7 Å². The Kier molecular flexibility index (Phi) is 5.46. The van der Waals surface area contributed by atoms with E-state index in [1.165, 1.54) is 25.7 Å². The molecule has 2 unspecified atom stereocenters. The zero-order chi connectivity index (χ0) is 14.5. The molecule has 2 rings (SSSR count). The molecule has 5 nitrogen and oxygen atoms in total. The molecule has 1 aromatic heterocycles. The van der Waals surface area contributed by atoms with Crippen LogP contribution in [-0.4, -0.2) is 40.8 Å². The molecule has 0 amide bonds. The number of hydrogen-bond donors (Lipinski definition) is 1. The summed E-state index contributed by atoms with van der Waals surface area (Å²) in [7, 11) is 3.92. The smallest absolute Gasteiger partial charge is 0.230 e. The summed E-state index contributed by atoms with van der Waals surface area (Å²) in [5.74, 6) is 2.23. The van der Waals surface area contributed by atoms with Crippen LogP contribution < -0.4 is 10.2 Å². The lowest BCUT2D eigenvalue weighted by atomic mass is 9.91. The van der Waals surface area contributed by atoms with Crippen molar-refractivity contribution in [2.24, 2.45) is 5.92 Å². The lowest BCUT2D eigenvalue weighted by Gasteiger charge is -2.25. The number of thioether (sulfide) groups is 1. The fourth-order valence-corrected chi connectivity index (χ4v) is 3.75. The van der Waals surface area contributed by atoms with Crippen LogP contribution >= 0.6 is 11.8 Å². The molecule has 1 aromatic rings. The Balaban J connectivity index is 2.12. The maximum absolute atomic E-state index is 4.56. The van der Waals surface area contributed by atoms with Gasteiger partial charge in [0.2, 0.25) is 11.9 Å². The van der Waals surface area contributed by atoms with E-state index in [2.05, 4.69) is 34.1 Å². The van der Waals surface area contributed by atoms with Gasteiger partial charge in [-0.1, -0.05) is 31.5 Å². The van der Waals surface area contributed by atoms with E-state index in [1.807, 2.05) is 30.8 Å². The van der Waals surface area contributed by atoms with Gasteiger partial charge < -0.3 is 10.2 Å². The highest BCUT2D eigenvalue weighted by Gasteiger charge is 2.21. The number of rotatable bonds is 5. The maximum Gasteiger partial charge on any atom is 0.230 e. The molecule has 1 heterocycles. The summed E-state index contributed by atoms with van der Waals surface area (Å²) in [6.45, 7) is 5.21. The van der Waals surface area contributed by atoms with E-state index in [1.54, 1.807) is 0 Å². The van der Waals surface area contributed by atoms with Crippen LogP contribution in [-0.2, 0) is 0 Å². The van der Waals surface area contributed by atoms with Crippen LogP contribution in [0.2, 0.25) is 0 Å². The minimum Gasteiger partial charge on any atom is -0.354 e. The van der Waals surface area contributed by atoms with E-state index in [0.29, 0.717) is 11.2 Å². The van der Waals surface area contributed by atoms with Crippen molar-refractivity contribution in [3.63, 3.8) is 0 Å². The third-order valence-electron chi connectivity index (χ3n) is 3.50. The van der Waals surface area contributed by atoms with Crippen LogP contribution in [0.5, 0.6) is 0 Å². The van der Waals surface area contributed by atoms with E-state index in [9.17, 15) is 0 Å². The monoisotopic (exact) mass is 295 g/mol. The van der Waals surface area contributed by atoms with Crippen LogP contribution in [0.4, 0.5) is 11.9 Å². The van der Waals surface area contributed by atoms with Crippen molar-refractivity contribution in [3.05, 3.63) is 0 Å². The Labute approximate surface area is 126 Å². The van der Waals surface area contributed by atoms with E-state index in [-0.39, 0.29) is 0 Å². The second-order valence-electron chi connectivity index (χ2n) is 5.68. The molecule has 2 atom stereocenters. The van der Waals surface area contributed by atoms with Crippen molar-refractivity contribution in [3.8, 4) is 0 Å². The Morgan fingerprint density at radius 3 is 2.70 bits per heavy atom. The van der Waals surface area contributed by atoms with E-state index in [4.69, 9.17) is 0 Å². The van der Waals surface area contributed by atoms with Gasteiger partial charge in [0.05, 0.1) is 0 Å². The first kappa shape index (κ1) is 15.4. The van der Waals surface area contributed by atoms with E-state index < -0.39 is 0 Å². The molecule has 0 aliphatic heterocycles. The molecule has 0 aromatic carbocycles. The van der Waals surface area contributed by atoms with Gasteiger partial charge >= 0.3 is 0 Å². The summed E-state index contributed by atoms with van der Waals surface area (Å²) in [4.78, 5) is 15.4. The predicted octanol–water partition coefficient (Wildman–Crippen LogP) is 3.04. The third kappa shape index (κ3) is 4.23. The molecule has 20 heavy (non-hydrogen) atoms. The number of nitrogens with one attached hydrogen (secondary N) is 1. The van der Waals surface area contributed by atoms with Gasteiger partial charge in [-0.15, -0.1) is 0 Å². The Morgan fingerprint density at radius 2 is 2.05 bits per heavy atom. The number of anilines is 2. The van der Waals surface area contributed by atoms with Crippen molar-refractivity contribution < 1.29 is 0 Å². The second kappa shape index (κ2) is 7.11. The first-order valence-electron chi connectivity index (χ1n) is 7.42. The van der Waals surface area contributed by atoms with Crippen LogP contribution in [0.25, 0.3) is 0 Å². The summed E-state index contributed by atoms with van der Waals surface area (Å²) in [6.07, 6.45) is 5.23. The van der Waals surface area contributed by atoms with Crippen LogP contribution in [0, 0.1) is 5.92 Å². The van der Waals surface area contributed by atoms with Gasteiger partial charge in [0, 0.05) is 25.9 Å².